The molecule has 0 spiro atoms. The molecule has 0 fully saturated rings. The SMILES string of the molecule is CCn1ccc(C(F)F)n1. The van der Waals surface area contributed by atoms with Crippen molar-refractivity contribution in [1.29, 1.82) is 0 Å². The largest absolute Gasteiger partial charge is 0.282 e. The monoisotopic (exact) mass is 146 g/mol. The molecule has 1 aromatic heterocycles. The van der Waals surface area contributed by atoms with Gasteiger partial charge in [0.15, 0.2) is 0 Å². The number of hydrogen-bond acceptors (Lipinski definition) is 1. The van der Waals surface area contributed by atoms with Crippen LogP contribution in [0.15, 0.2) is 12.3 Å². The van der Waals surface area contributed by atoms with Gasteiger partial charge < -0.3 is 0 Å². The second-order valence-corrected chi connectivity index (χ2v) is 1.90. The summed E-state index contributed by atoms with van der Waals surface area (Å²) < 4.78 is 25.2. The minimum Gasteiger partial charge on any atom is -0.273 e. The minimum absolute atomic E-state index is 0.151. The quantitative estimate of drug-likeness (QED) is 0.622. The van der Waals surface area contributed by atoms with E-state index in [1.807, 2.05) is 6.92 Å². The van der Waals surface area contributed by atoms with E-state index in [0.717, 1.165) is 0 Å². The van der Waals surface area contributed by atoms with Crippen molar-refractivity contribution in [3.05, 3.63) is 18.0 Å². The Morgan fingerprint density at radius 3 is 2.70 bits per heavy atom. The van der Waals surface area contributed by atoms with Crippen LogP contribution in [0.25, 0.3) is 0 Å². The summed E-state index contributed by atoms with van der Waals surface area (Å²) in [6, 6.07) is 1.33. The summed E-state index contributed by atoms with van der Waals surface area (Å²) in [5.41, 5.74) is -0.151. The first-order chi connectivity index (χ1) is 4.74. The first-order valence-electron chi connectivity index (χ1n) is 3.05. The molecule has 1 heterocycles. The van der Waals surface area contributed by atoms with Crippen molar-refractivity contribution >= 4 is 0 Å². The highest BCUT2D eigenvalue weighted by molar-refractivity contribution is 4.99. The van der Waals surface area contributed by atoms with E-state index in [-0.39, 0.29) is 5.69 Å². The van der Waals surface area contributed by atoms with Gasteiger partial charge in [-0.05, 0) is 13.0 Å². The molecule has 0 bridgehead atoms. The third-order valence-corrected chi connectivity index (χ3v) is 1.21. The topological polar surface area (TPSA) is 17.8 Å². The van der Waals surface area contributed by atoms with Crippen LogP contribution < -0.4 is 0 Å². The molecule has 0 amide bonds. The maximum Gasteiger partial charge on any atom is 0.282 e. The van der Waals surface area contributed by atoms with Gasteiger partial charge in [0, 0.05) is 12.7 Å². The Hall–Kier alpha value is -0.930. The molecular formula is C6H8F2N2. The zero-order valence-corrected chi connectivity index (χ0v) is 5.59. The molecule has 56 valence electrons. The lowest BCUT2D eigenvalue weighted by atomic mass is 10.5. The molecule has 0 radical (unpaired) electrons. The fourth-order valence-corrected chi connectivity index (χ4v) is 0.670. The lowest BCUT2D eigenvalue weighted by Crippen LogP contribution is -1.95. The predicted octanol–water partition coefficient (Wildman–Crippen LogP) is 1.84. The maximum atomic E-state index is 11.8. The summed E-state index contributed by atoms with van der Waals surface area (Å²) in [5.74, 6) is 0. The zero-order chi connectivity index (χ0) is 7.56. The molecule has 0 saturated carbocycles. The summed E-state index contributed by atoms with van der Waals surface area (Å²) in [6.07, 6.45) is -0.908. The van der Waals surface area contributed by atoms with Crippen LogP contribution in [0.4, 0.5) is 8.78 Å². The average molecular weight is 146 g/mol. The Kier molecular flexibility index (Phi) is 1.99. The standard InChI is InChI=1S/C6H8F2N2/c1-2-10-4-3-5(9-10)6(7)8/h3-4,6H,2H2,1H3. The van der Waals surface area contributed by atoms with Crippen LogP contribution in [0.2, 0.25) is 0 Å². The molecule has 4 heteroatoms. The Morgan fingerprint density at radius 1 is 1.70 bits per heavy atom. The molecule has 1 rings (SSSR count). The van der Waals surface area contributed by atoms with Crippen LogP contribution in [0, 0.1) is 0 Å². The fraction of sp³-hybridized carbons (Fsp3) is 0.500. The summed E-state index contributed by atoms with van der Waals surface area (Å²) >= 11 is 0. The van der Waals surface area contributed by atoms with Gasteiger partial charge >= 0.3 is 0 Å². The lowest BCUT2D eigenvalue weighted by Gasteiger charge is -1.92. The van der Waals surface area contributed by atoms with E-state index in [1.165, 1.54) is 10.7 Å². The van der Waals surface area contributed by atoms with Gasteiger partial charge in [-0.2, -0.15) is 5.10 Å². The molecule has 2 nitrogen and oxygen atoms in total. The van der Waals surface area contributed by atoms with Gasteiger partial charge in [-0.1, -0.05) is 0 Å². The number of rotatable bonds is 2. The molecule has 0 unspecified atom stereocenters. The van der Waals surface area contributed by atoms with E-state index in [4.69, 9.17) is 0 Å². The first-order valence-corrected chi connectivity index (χ1v) is 3.05. The molecule has 0 N–H and O–H groups in total. The van der Waals surface area contributed by atoms with E-state index < -0.39 is 6.43 Å². The smallest absolute Gasteiger partial charge is 0.273 e. The van der Waals surface area contributed by atoms with Crippen LogP contribution in [0.1, 0.15) is 19.0 Å². The van der Waals surface area contributed by atoms with Crippen LogP contribution in [-0.2, 0) is 6.54 Å². The summed E-state index contributed by atoms with van der Waals surface area (Å²) in [5, 5.41) is 3.59. The lowest BCUT2D eigenvalue weighted by molar-refractivity contribution is 0.145. The predicted molar refractivity (Wildman–Crippen MR) is 32.9 cm³/mol. The molecular weight excluding hydrogens is 138 g/mol. The van der Waals surface area contributed by atoms with Crippen molar-refractivity contribution in [3.8, 4) is 0 Å². The van der Waals surface area contributed by atoms with E-state index in [9.17, 15) is 8.78 Å². The van der Waals surface area contributed by atoms with E-state index in [1.54, 1.807) is 6.20 Å². The van der Waals surface area contributed by atoms with Crippen LogP contribution >= 0.6 is 0 Å². The molecule has 1 aromatic rings. The minimum atomic E-state index is -2.45. The Balaban J connectivity index is 2.78. The molecule has 0 atom stereocenters. The number of halogens is 2. The summed E-state index contributed by atoms with van der Waals surface area (Å²) in [7, 11) is 0. The summed E-state index contributed by atoms with van der Waals surface area (Å²) in [4.78, 5) is 0. The van der Waals surface area contributed by atoms with Gasteiger partial charge in [-0.15, -0.1) is 0 Å². The van der Waals surface area contributed by atoms with Gasteiger partial charge in [0.2, 0.25) is 0 Å². The van der Waals surface area contributed by atoms with E-state index in [2.05, 4.69) is 5.10 Å². The molecule has 0 aliphatic heterocycles. The third kappa shape index (κ3) is 1.32. The van der Waals surface area contributed by atoms with Crippen molar-refractivity contribution in [2.75, 3.05) is 0 Å². The first kappa shape index (κ1) is 7.18. The average Bonchev–Trinajstić information content (AvgIpc) is 2.34. The van der Waals surface area contributed by atoms with Crippen molar-refractivity contribution in [3.63, 3.8) is 0 Å². The highest BCUT2D eigenvalue weighted by Gasteiger charge is 2.08. The number of alkyl halides is 2. The van der Waals surface area contributed by atoms with Crippen molar-refractivity contribution in [2.45, 2.75) is 19.9 Å². The van der Waals surface area contributed by atoms with Gasteiger partial charge in [0.25, 0.3) is 6.43 Å². The van der Waals surface area contributed by atoms with Crippen molar-refractivity contribution in [2.24, 2.45) is 0 Å². The molecule has 0 aromatic carbocycles. The molecule has 0 aliphatic rings. The second kappa shape index (κ2) is 2.77. The Labute approximate surface area is 57.5 Å². The van der Waals surface area contributed by atoms with Gasteiger partial charge in [0.05, 0.1) is 0 Å². The second-order valence-electron chi connectivity index (χ2n) is 1.90. The Bertz CT molecular complexity index is 207. The fourth-order valence-electron chi connectivity index (χ4n) is 0.670. The van der Waals surface area contributed by atoms with Crippen molar-refractivity contribution < 1.29 is 8.78 Å². The zero-order valence-electron chi connectivity index (χ0n) is 5.59. The maximum absolute atomic E-state index is 11.8. The number of nitrogens with zero attached hydrogens (tertiary/aromatic N) is 2. The van der Waals surface area contributed by atoms with Gasteiger partial charge in [-0.25, -0.2) is 8.78 Å². The molecule has 0 aliphatic carbocycles. The highest BCUT2D eigenvalue weighted by Crippen LogP contribution is 2.14. The van der Waals surface area contributed by atoms with Crippen molar-refractivity contribution in [1.82, 2.24) is 9.78 Å². The van der Waals surface area contributed by atoms with Gasteiger partial charge in [-0.3, -0.25) is 4.68 Å². The third-order valence-electron chi connectivity index (χ3n) is 1.21. The number of aromatic nitrogens is 2. The summed E-state index contributed by atoms with van der Waals surface area (Å²) in [6.45, 7) is 2.48. The van der Waals surface area contributed by atoms with E-state index in [0.29, 0.717) is 6.54 Å². The van der Waals surface area contributed by atoms with Crippen LogP contribution in [0.3, 0.4) is 0 Å². The molecule has 10 heavy (non-hydrogen) atoms. The normalized spacial score (nSPS) is 10.8. The van der Waals surface area contributed by atoms with Gasteiger partial charge in [0.1, 0.15) is 5.69 Å². The van der Waals surface area contributed by atoms with E-state index >= 15 is 0 Å². The number of aryl methyl sites for hydroxylation is 1. The Morgan fingerprint density at radius 2 is 2.40 bits per heavy atom. The van der Waals surface area contributed by atoms with Crippen LogP contribution in [0.5, 0.6) is 0 Å². The highest BCUT2D eigenvalue weighted by atomic mass is 19.3. The number of hydrogen-bond donors (Lipinski definition) is 0. The van der Waals surface area contributed by atoms with Crippen LogP contribution in [-0.4, -0.2) is 9.78 Å². The molecule has 0 saturated heterocycles.